The molecule has 10 heteroatoms. The Bertz CT molecular complexity index is 1350. The van der Waals surface area contributed by atoms with E-state index in [9.17, 15) is 13.2 Å². The predicted molar refractivity (Wildman–Crippen MR) is 127 cm³/mol. The number of fused-ring (bicyclic) bond motifs is 2. The number of aromatic amines is 1. The van der Waals surface area contributed by atoms with Crippen LogP contribution in [0.3, 0.4) is 0 Å². The summed E-state index contributed by atoms with van der Waals surface area (Å²) in [5, 5.41) is 11.3. The van der Waals surface area contributed by atoms with Gasteiger partial charge < -0.3 is 20.9 Å². The quantitative estimate of drug-likeness (QED) is 0.433. The maximum atomic E-state index is 13.4. The van der Waals surface area contributed by atoms with Crippen molar-refractivity contribution in [3.63, 3.8) is 0 Å². The Morgan fingerprint density at radius 2 is 1.94 bits per heavy atom. The van der Waals surface area contributed by atoms with Gasteiger partial charge in [-0.15, -0.1) is 0 Å². The molecular formula is C25H26F3N7. The van der Waals surface area contributed by atoms with Gasteiger partial charge in [0, 0.05) is 47.3 Å². The van der Waals surface area contributed by atoms with E-state index in [1.54, 1.807) is 6.20 Å². The van der Waals surface area contributed by atoms with Crippen molar-refractivity contribution in [3.8, 4) is 0 Å². The Hall–Kier alpha value is -3.14. The lowest BCUT2D eigenvalue weighted by Gasteiger charge is -2.34. The number of H-pyrrole nitrogens is 1. The van der Waals surface area contributed by atoms with Gasteiger partial charge in [0.1, 0.15) is 17.3 Å². The summed E-state index contributed by atoms with van der Waals surface area (Å²) in [6.45, 7) is 2.35. The molecule has 0 radical (unpaired) electrons. The highest BCUT2D eigenvalue weighted by Gasteiger charge is 2.50. The number of rotatable bonds is 4. The van der Waals surface area contributed by atoms with Crippen molar-refractivity contribution in [2.45, 2.75) is 50.2 Å². The van der Waals surface area contributed by atoms with Crippen LogP contribution in [-0.4, -0.2) is 45.6 Å². The summed E-state index contributed by atoms with van der Waals surface area (Å²) < 4.78 is 40.2. The maximum Gasteiger partial charge on any atom is 0.431 e. The highest BCUT2D eigenvalue weighted by atomic mass is 19.4. The van der Waals surface area contributed by atoms with E-state index in [1.165, 1.54) is 12.8 Å². The second kappa shape index (κ2) is 7.43. The molecule has 4 N–H and O–H groups in total. The minimum absolute atomic E-state index is 0.256. The first kappa shape index (κ1) is 21.2. The Kier molecular flexibility index (Phi) is 4.49. The summed E-state index contributed by atoms with van der Waals surface area (Å²) in [5.41, 5.74) is 2.39. The lowest BCUT2D eigenvalue weighted by Crippen LogP contribution is -2.45. The molecule has 3 aromatic heterocycles. The van der Waals surface area contributed by atoms with Crippen LogP contribution >= 0.6 is 0 Å². The lowest BCUT2D eigenvalue weighted by molar-refractivity contribution is -0.140. The summed E-state index contributed by atoms with van der Waals surface area (Å²) in [5.74, 6) is 2.00. The molecule has 0 bridgehead atoms. The number of hydrogen-bond acceptors (Lipinski definition) is 6. The van der Waals surface area contributed by atoms with Crippen molar-refractivity contribution < 1.29 is 13.2 Å². The molecule has 1 atom stereocenters. The van der Waals surface area contributed by atoms with Crippen molar-refractivity contribution in [1.82, 2.24) is 25.3 Å². The molecule has 7 nitrogen and oxygen atoms in total. The summed E-state index contributed by atoms with van der Waals surface area (Å²) in [6.07, 6.45) is 6.70. The topological polar surface area (TPSA) is 90.5 Å². The van der Waals surface area contributed by atoms with E-state index >= 15 is 0 Å². The second-order valence-electron chi connectivity index (χ2n) is 10.3. The third-order valence-electron chi connectivity index (χ3n) is 7.92. The Balaban J connectivity index is 1.36. The molecule has 0 amide bonds. The van der Waals surface area contributed by atoms with Crippen molar-refractivity contribution in [1.29, 1.82) is 0 Å². The van der Waals surface area contributed by atoms with Crippen molar-refractivity contribution in [3.05, 3.63) is 47.2 Å². The number of alkyl halides is 3. The van der Waals surface area contributed by atoms with Crippen molar-refractivity contribution >= 4 is 28.1 Å². The average molecular weight is 482 g/mol. The molecule has 3 aromatic rings. The third-order valence-corrected chi connectivity index (χ3v) is 7.92. The van der Waals surface area contributed by atoms with Gasteiger partial charge >= 0.3 is 6.18 Å². The number of halogens is 3. The van der Waals surface area contributed by atoms with Gasteiger partial charge in [-0.2, -0.15) is 13.2 Å². The first-order valence-electron chi connectivity index (χ1n) is 12.3. The van der Waals surface area contributed by atoms with E-state index in [-0.39, 0.29) is 5.41 Å². The van der Waals surface area contributed by atoms with Crippen LogP contribution in [0.15, 0.2) is 24.5 Å². The molecule has 1 unspecified atom stereocenters. The van der Waals surface area contributed by atoms with Crippen LogP contribution in [0.4, 0.5) is 24.8 Å². The van der Waals surface area contributed by atoms with Gasteiger partial charge in [-0.05, 0) is 56.2 Å². The minimum atomic E-state index is -4.46. The Morgan fingerprint density at radius 1 is 1.09 bits per heavy atom. The van der Waals surface area contributed by atoms with Crippen molar-refractivity contribution in [2.75, 3.05) is 30.3 Å². The summed E-state index contributed by atoms with van der Waals surface area (Å²) in [6, 6.07) is 1.44. The SMILES string of the molecule is FC(F)(F)c1cc2c([nH]1)NCC=C2c1nc(NC2CCNCC23CC3)c2c(C3CC3)cncc2n1. The van der Waals surface area contributed by atoms with Crippen LogP contribution in [0.1, 0.15) is 60.7 Å². The summed E-state index contributed by atoms with van der Waals surface area (Å²) in [7, 11) is 0. The number of piperidine rings is 1. The zero-order chi connectivity index (χ0) is 23.8. The van der Waals surface area contributed by atoms with Gasteiger partial charge in [0.2, 0.25) is 0 Å². The van der Waals surface area contributed by atoms with Gasteiger partial charge in [-0.1, -0.05) is 6.08 Å². The van der Waals surface area contributed by atoms with E-state index in [4.69, 9.17) is 9.97 Å². The maximum absolute atomic E-state index is 13.4. The molecule has 35 heavy (non-hydrogen) atoms. The fraction of sp³-hybridized carbons (Fsp3) is 0.480. The van der Waals surface area contributed by atoms with Gasteiger partial charge in [0.15, 0.2) is 5.82 Å². The standard InChI is InChI=1S/C25H26F3N7/c26-25(27,28)19-9-15-14(3-8-31-21(15)34-19)22-32-17-11-30-10-16(13-1-2-13)20(17)23(35-22)33-18-4-7-29-12-24(18)5-6-24/h3,9-11,13,18,29,31,34H,1-2,4-8,12H2,(H,32,33,35). The molecule has 2 aliphatic carbocycles. The number of pyridine rings is 1. The van der Waals surface area contributed by atoms with E-state index in [1.807, 2.05) is 12.3 Å². The molecule has 2 saturated carbocycles. The smallest absolute Gasteiger partial charge is 0.368 e. The molecule has 3 fully saturated rings. The van der Waals surface area contributed by atoms with E-state index in [2.05, 4.69) is 25.9 Å². The number of nitrogens with zero attached hydrogens (tertiary/aromatic N) is 3. The zero-order valence-corrected chi connectivity index (χ0v) is 19.1. The lowest BCUT2D eigenvalue weighted by atomic mass is 9.90. The zero-order valence-electron chi connectivity index (χ0n) is 19.1. The summed E-state index contributed by atoms with van der Waals surface area (Å²) in [4.78, 5) is 16.7. The fourth-order valence-electron chi connectivity index (χ4n) is 5.66. The monoisotopic (exact) mass is 481 g/mol. The van der Waals surface area contributed by atoms with Crippen LogP contribution in [-0.2, 0) is 6.18 Å². The first-order valence-corrected chi connectivity index (χ1v) is 12.3. The van der Waals surface area contributed by atoms with Crippen LogP contribution in [0.2, 0.25) is 0 Å². The van der Waals surface area contributed by atoms with E-state index in [0.717, 1.165) is 60.7 Å². The van der Waals surface area contributed by atoms with E-state index in [0.29, 0.717) is 41.3 Å². The van der Waals surface area contributed by atoms with Crippen LogP contribution < -0.4 is 16.0 Å². The highest BCUT2D eigenvalue weighted by molar-refractivity contribution is 5.95. The Labute approximate surface area is 200 Å². The molecule has 1 saturated heterocycles. The fourth-order valence-corrected chi connectivity index (χ4v) is 5.66. The number of hydrogen-bond donors (Lipinski definition) is 4. The molecule has 4 aliphatic rings. The first-order chi connectivity index (χ1) is 16.9. The molecule has 0 aromatic carbocycles. The van der Waals surface area contributed by atoms with Crippen molar-refractivity contribution in [2.24, 2.45) is 5.41 Å². The second-order valence-corrected chi connectivity index (χ2v) is 10.3. The third kappa shape index (κ3) is 3.57. The average Bonchev–Trinajstić information content (AvgIpc) is 3.77. The molecule has 7 rings (SSSR count). The Morgan fingerprint density at radius 3 is 2.71 bits per heavy atom. The number of aromatic nitrogens is 4. The van der Waals surface area contributed by atoms with Crippen LogP contribution in [0.25, 0.3) is 16.5 Å². The van der Waals surface area contributed by atoms with E-state index < -0.39 is 11.9 Å². The highest BCUT2D eigenvalue weighted by Crippen LogP contribution is 2.52. The van der Waals surface area contributed by atoms with Crippen LogP contribution in [0.5, 0.6) is 0 Å². The largest absolute Gasteiger partial charge is 0.431 e. The molecule has 1 spiro atoms. The van der Waals surface area contributed by atoms with Gasteiger partial charge in [0.25, 0.3) is 0 Å². The number of anilines is 2. The minimum Gasteiger partial charge on any atom is -0.368 e. The van der Waals surface area contributed by atoms with Gasteiger partial charge in [0.05, 0.1) is 11.7 Å². The normalized spacial score (nSPS) is 23.1. The molecular weight excluding hydrogens is 455 g/mol. The molecule has 182 valence electrons. The van der Waals surface area contributed by atoms with Gasteiger partial charge in [-0.25, -0.2) is 9.97 Å². The number of nitrogens with one attached hydrogen (secondary N) is 4. The summed E-state index contributed by atoms with van der Waals surface area (Å²) >= 11 is 0. The molecule has 2 aliphatic heterocycles. The molecule has 5 heterocycles. The van der Waals surface area contributed by atoms with Crippen LogP contribution in [0, 0.1) is 5.41 Å². The predicted octanol–water partition coefficient (Wildman–Crippen LogP) is 4.66. The van der Waals surface area contributed by atoms with Gasteiger partial charge in [-0.3, -0.25) is 4.98 Å².